The summed E-state index contributed by atoms with van der Waals surface area (Å²) >= 11 is 0. The molecule has 0 fully saturated rings. The molecule has 1 aromatic carbocycles. The SMILES string of the molecule is CN=C(NC)NCCOCc1ccccc1. The third-order valence-corrected chi connectivity index (χ3v) is 2.11. The van der Waals surface area contributed by atoms with E-state index in [2.05, 4.69) is 27.8 Å². The Morgan fingerprint density at radius 3 is 2.69 bits per heavy atom. The van der Waals surface area contributed by atoms with Crippen LogP contribution in [0.5, 0.6) is 0 Å². The van der Waals surface area contributed by atoms with Gasteiger partial charge in [0.05, 0.1) is 13.2 Å². The van der Waals surface area contributed by atoms with E-state index in [1.807, 2.05) is 25.2 Å². The molecule has 0 aliphatic heterocycles. The zero-order chi connectivity index (χ0) is 11.6. The number of hydrogen-bond donors (Lipinski definition) is 2. The van der Waals surface area contributed by atoms with E-state index in [9.17, 15) is 0 Å². The molecule has 0 amide bonds. The molecule has 0 aliphatic carbocycles. The Morgan fingerprint density at radius 1 is 1.31 bits per heavy atom. The van der Waals surface area contributed by atoms with Crippen molar-refractivity contribution in [2.24, 2.45) is 4.99 Å². The van der Waals surface area contributed by atoms with Gasteiger partial charge in [-0.2, -0.15) is 0 Å². The topological polar surface area (TPSA) is 45.7 Å². The maximum atomic E-state index is 5.51. The highest BCUT2D eigenvalue weighted by Gasteiger charge is 1.93. The van der Waals surface area contributed by atoms with Gasteiger partial charge in [-0.15, -0.1) is 0 Å². The Kier molecular flexibility index (Phi) is 6.03. The summed E-state index contributed by atoms with van der Waals surface area (Å²) in [5.74, 6) is 0.781. The van der Waals surface area contributed by atoms with Crippen LogP contribution < -0.4 is 10.6 Å². The molecule has 0 radical (unpaired) electrons. The Bertz CT molecular complexity index is 311. The van der Waals surface area contributed by atoms with E-state index in [-0.39, 0.29) is 0 Å². The molecule has 0 aliphatic rings. The van der Waals surface area contributed by atoms with Crippen LogP contribution in [0.2, 0.25) is 0 Å². The zero-order valence-electron chi connectivity index (χ0n) is 9.86. The van der Waals surface area contributed by atoms with Gasteiger partial charge in [0.2, 0.25) is 0 Å². The van der Waals surface area contributed by atoms with Crippen LogP contribution in [0.15, 0.2) is 35.3 Å². The van der Waals surface area contributed by atoms with Gasteiger partial charge in [-0.1, -0.05) is 30.3 Å². The lowest BCUT2D eigenvalue weighted by atomic mass is 10.2. The van der Waals surface area contributed by atoms with Crippen LogP contribution in [0.1, 0.15) is 5.56 Å². The minimum atomic E-state index is 0.653. The largest absolute Gasteiger partial charge is 0.375 e. The number of aliphatic imine (C=N–C) groups is 1. The van der Waals surface area contributed by atoms with Crippen molar-refractivity contribution >= 4 is 5.96 Å². The number of nitrogens with zero attached hydrogens (tertiary/aromatic N) is 1. The van der Waals surface area contributed by atoms with Gasteiger partial charge in [0.25, 0.3) is 0 Å². The predicted molar refractivity (Wildman–Crippen MR) is 66.5 cm³/mol. The van der Waals surface area contributed by atoms with Crippen LogP contribution in [0.3, 0.4) is 0 Å². The summed E-state index contributed by atoms with van der Waals surface area (Å²) in [7, 11) is 3.57. The zero-order valence-corrected chi connectivity index (χ0v) is 9.86. The second-order valence-electron chi connectivity index (χ2n) is 3.29. The predicted octanol–water partition coefficient (Wildman–Crippen LogP) is 0.998. The van der Waals surface area contributed by atoms with Gasteiger partial charge in [-0.25, -0.2) is 0 Å². The Balaban J connectivity index is 2.09. The van der Waals surface area contributed by atoms with E-state index in [1.165, 1.54) is 5.56 Å². The lowest BCUT2D eigenvalue weighted by Gasteiger charge is -2.08. The van der Waals surface area contributed by atoms with E-state index in [0.29, 0.717) is 13.2 Å². The van der Waals surface area contributed by atoms with Crippen LogP contribution in [-0.2, 0) is 11.3 Å². The molecule has 0 aromatic heterocycles. The van der Waals surface area contributed by atoms with Gasteiger partial charge in [0.15, 0.2) is 5.96 Å². The van der Waals surface area contributed by atoms with Crippen LogP contribution in [0, 0.1) is 0 Å². The number of guanidine groups is 1. The molecule has 0 atom stereocenters. The molecule has 0 spiro atoms. The van der Waals surface area contributed by atoms with Crippen LogP contribution in [0.4, 0.5) is 0 Å². The summed E-state index contributed by atoms with van der Waals surface area (Å²) in [6.45, 7) is 2.07. The van der Waals surface area contributed by atoms with Crippen molar-refractivity contribution in [3.05, 3.63) is 35.9 Å². The maximum Gasteiger partial charge on any atom is 0.190 e. The Morgan fingerprint density at radius 2 is 2.06 bits per heavy atom. The van der Waals surface area contributed by atoms with Crippen molar-refractivity contribution in [3.8, 4) is 0 Å². The molecular formula is C12H19N3O. The normalized spacial score (nSPS) is 11.2. The smallest absolute Gasteiger partial charge is 0.190 e. The summed E-state index contributed by atoms with van der Waals surface area (Å²) in [6, 6.07) is 10.1. The summed E-state index contributed by atoms with van der Waals surface area (Å²) < 4.78 is 5.51. The first-order valence-corrected chi connectivity index (χ1v) is 5.37. The van der Waals surface area contributed by atoms with E-state index in [4.69, 9.17) is 4.74 Å². The van der Waals surface area contributed by atoms with Crippen molar-refractivity contribution < 1.29 is 4.74 Å². The van der Waals surface area contributed by atoms with Crippen molar-refractivity contribution in [2.45, 2.75) is 6.61 Å². The van der Waals surface area contributed by atoms with Gasteiger partial charge in [0, 0.05) is 20.6 Å². The highest BCUT2D eigenvalue weighted by molar-refractivity contribution is 5.79. The summed E-state index contributed by atoms with van der Waals surface area (Å²) in [5, 5.41) is 6.06. The minimum Gasteiger partial charge on any atom is -0.375 e. The molecule has 4 heteroatoms. The van der Waals surface area contributed by atoms with E-state index in [1.54, 1.807) is 7.05 Å². The quantitative estimate of drug-likeness (QED) is 0.443. The standard InChI is InChI=1S/C12H19N3O/c1-13-12(14-2)15-8-9-16-10-11-6-4-3-5-7-11/h3-7H,8-10H2,1-2H3,(H2,13,14,15). The van der Waals surface area contributed by atoms with Crippen LogP contribution >= 0.6 is 0 Å². The minimum absolute atomic E-state index is 0.653. The lowest BCUT2D eigenvalue weighted by molar-refractivity contribution is 0.125. The number of nitrogens with one attached hydrogen (secondary N) is 2. The fourth-order valence-electron chi connectivity index (χ4n) is 1.29. The first-order valence-electron chi connectivity index (χ1n) is 5.37. The van der Waals surface area contributed by atoms with E-state index < -0.39 is 0 Å². The van der Waals surface area contributed by atoms with Crippen molar-refractivity contribution in [3.63, 3.8) is 0 Å². The van der Waals surface area contributed by atoms with Crippen LogP contribution in [0.25, 0.3) is 0 Å². The first kappa shape index (κ1) is 12.5. The number of benzene rings is 1. The molecule has 1 rings (SSSR count). The molecule has 16 heavy (non-hydrogen) atoms. The van der Waals surface area contributed by atoms with E-state index >= 15 is 0 Å². The molecule has 0 saturated carbocycles. The van der Waals surface area contributed by atoms with E-state index in [0.717, 1.165) is 12.5 Å². The van der Waals surface area contributed by atoms with Crippen LogP contribution in [-0.4, -0.2) is 33.2 Å². The number of rotatable bonds is 5. The molecular weight excluding hydrogens is 202 g/mol. The van der Waals surface area contributed by atoms with Crippen molar-refractivity contribution in [1.29, 1.82) is 0 Å². The molecule has 0 heterocycles. The summed E-state index contributed by atoms with van der Waals surface area (Å²) in [6.07, 6.45) is 0. The number of hydrogen-bond acceptors (Lipinski definition) is 2. The average Bonchev–Trinajstić information content (AvgIpc) is 2.35. The molecule has 0 saturated heterocycles. The van der Waals surface area contributed by atoms with Gasteiger partial charge in [0.1, 0.15) is 0 Å². The maximum absolute atomic E-state index is 5.51. The highest BCUT2D eigenvalue weighted by Crippen LogP contribution is 1.99. The van der Waals surface area contributed by atoms with Crippen molar-refractivity contribution in [2.75, 3.05) is 27.2 Å². The van der Waals surface area contributed by atoms with Crippen molar-refractivity contribution in [1.82, 2.24) is 10.6 Å². The molecule has 0 bridgehead atoms. The van der Waals surface area contributed by atoms with Gasteiger partial charge in [-0.3, -0.25) is 4.99 Å². The van der Waals surface area contributed by atoms with Gasteiger partial charge in [-0.05, 0) is 5.56 Å². The summed E-state index contributed by atoms with van der Waals surface area (Å²) in [4.78, 5) is 4.00. The first-order chi connectivity index (χ1) is 7.86. The third-order valence-electron chi connectivity index (χ3n) is 2.11. The lowest BCUT2D eigenvalue weighted by Crippen LogP contribution is -2.36. The second kappa shape index (κ2) is 7.70. The fraction of sp³-hybridized carbons (Fsp3) is 0.417. The Labute approximate surface area is 96.7 Å². The monoisotopic (exact) mass is 221 g/mol. The third kappa shape index (κ3) is 4.79. The fourth-order valence-corrected chi connectivity index (χ4v) is 1.29. The molecule has 2 N–H and O–H groups in total. The van der Waals surface area contributed by atoms with Gasteiger partial charge < -0.3 is 15.4 Å². The highest BCUT2D eigenvalue weighted by atomic mass is 16.5. The van der Waals surface area contributed by atoms with Gasteiger partial charge >= 0.3 is 0 Å². The number of ether oxygens (including phenoxy) is 1. The molecule has 4 nitrogen and oxygen atoms in total. The Hall–Kier alpha value is -1.55. The molecule has 0 unspecified atom stereocenters. The average molecular weight is 221 g/mol. The molecule has 88 valence electrons. The second-order valence-corrected chi connectivity index (χ2v) is 3.29. The molecule has 1 aromatic rings. The summed E-state index contributed by atoms with van der Waals surface area (Å²) in [5.41, 5.74) is 1.19.